The maximum atomic E-state index is 12.4. The number of rotatable bonds is 5. The van der Waals surface area contributed by atoms with Gasteiger partial charge in [-0.25, -0.2) is 0 Å². The van der Waals surface area contributed by atoms with Crippen molar-refractivity contribution in [3.63, 3.8) is 0 Å². The van der Waals surface area contributed by atoms with E-state index in [-0.39, 0.29) is 18.4 Å². The van der Waals surface area contributed by atoms with Crippen LogP contribution < -0.4 is 5.32 Å². The molecule has 1 aromatic carbocycles. The number of thiophene rings is 2. The molecular formula is C18H17ClN2O2S2. The van der Waals surface area contributed by atoms with Gasteiger partial charge in [-0.2, -0.15) is 0 Å². The Bertz CT molecular complexity index is 932. The monoisotopic (exact) mass is 392 g/mol. The van der Waals surface area contributed by atoms with Gasteiger partial charge < -0.3 is 10.2 Å². The van der Waals surface area contributed by atoms with Gasteiger partial charge in [0.15, 0.2) is 0 Å². The van der Waals surface area contributed by atoms with Crippen molar-refractivity contribution in [2.75, 3.05) is 13.6 Å². The van der Waals surface area contributed by atoms with Crippen LogP contribution >= 0.6 is 34.3 Å². The lowest BCUT2D eigenvalue weighted by molar-refractivity contribution is -0.129. The molecule has 2 aromatic heterocycles. The van der Waals surface area contributed by atoms with Gasteiger partial charge in [0.1, 0.15) is 4.88 Å². The van der Waals surface area contributed by atoms with Crippen molar-refractivity contribution in [3.05, 3.63) is 56.1 Å². The van der Waals surface area contributed by atoms with E-state index in [4.69, 9.17) is 11.6 Å². The van der Waals surface area contributed by atoms with Crippen LogP contribution in [0.15, 0.2) is 35.7 Å². The highest BCUT2D eigenvalue weighted by Gasteiger charge is 2.18. The van der Waals surface area contributed by atoms with Gasteiger partial charge in [0.2, 0.25) is 5.91 Å². The molecule has 0 radical (unpaired) electrons. The zero-order valence-corrected chi connectivity index (χ0v) is 16.2. The fourth-order valence-corrected chi connectivity index (χ4v) is 4.79. The van der Waals surface area contributed by atoms with E-state index < -0.39 is 0 Å². The number of halogens is 1. The van der Waals surface area contributed by atoms with Gasteiger partial charge in [-0.05, 0) is 30.0 Å². The van der Waals surface area contributed by atoms with Gasteiger partial charge in [0.05, 0.1) is 18.1 Å². The number of fused-ring (bicyclic) bond motifs is 1. The van der Waals surface area contributed by atoms with E-state index in [1.807, 2.05) is 42.6 Å². The van der Waals surface area contributed by atoms with Crippen LogP contribution in [0.4, 0.5) is 0 Å². The Kier molecular flexibility index (Phi) is 5.42. The Balaban J connectivity index is 1.62. The van der Waals surface area contributed by atoms with Crippen LogP contribution in [0.25, 0.3) is 10.1 Å². The molecule has 3 aromatic rings. The second-order valence-corrected chi connectivity index (χ2v) is 8.13. The van der Waals surface area contributed by atoms with Gasteiger partial charge in [-0.1, -0.05) is 29.8 Å². The van der Waals surface area contributed by atoms with Crippen LogP contribution in [0.2, 0.25) is 5.02 Å². The third-order valence-corrected chi connectivity index (χ3v) is 6.60. The average Bonchev–Trinajstić information content (AvgIpc) is 3.16. The molecule has 2 heterocycles. The molecule has 0 aliphatic heterocycles. The number of carbonyl (C=O) groups excluding carboxylic acids is 2. The van der Waals surface area contributed by atoms with Crippen LogP contribution in [0, 0.1) is 6.92 Å². The fraction of sp³-hybridized carbons (Fsp3) is 0.222. The van der Waals surface area contributed by atoms with Crippen molar-refractivity contribution in [1.82, 2.24) is 10.2 Å². The third kappa shape index (κ3) is 3.86. The molecule has 4 nitrogen and oxygen atoms in total. The molecule has 130 valence electrons. The molecule has 0 fully saturated rings. The average molecular weight is 393 g/mol. The third-order valence-electron chi connectivity index (χ3n) is 3.92. The minimum atomic E-state index is -0.319. The van der Waals surface area contributed by atoms with Gasteiger partial charge in [0.25, 0.3) is 5.91 Å². The van der Waals surface area contributed by atoms with Crippen molar-refractivity contribution in [3.8, 4) is 0 Å². The highest BCUT2D eigenvalue weighted by Crippen LogP contribution is 2.34. The molecule has 0 bridgehead atoms. The zero-order chi connectivity index (χ0) is 18.0. The summed E-state index contributed by atoms with van der Waals surface area (Å²) in [6.45, 7) is 2.52. The number of nitrogens with one attached hydrogen (secondary N) is 1. The molecule has 7 heteroatoms. The van der Waals surface area contributed by atoms with E-state index in [0.29, 0.717) is 16.4 Å². The summed E-state index contributed by atoms with van der Waals surface area (Å²) in [7, 11) is 1.74. The van der Waals surface area contributed by atoms with Crippen molar-refractivity contribution < 1.29 is 9.59 Å². The van der Waals surface area contributed by atoms with Crippen LogP contribution in [0.3, 0.4) is 0 Å². The quantitative estimate of drug-likeness (QED) is 0.703. The summed E-state index contributed by atoms with van der Waals surface area (Å²) in [5.74, 6) is -0.460. The molecule has 0 aliphatic rings. The lowest BCUT2D eigenvalue weighted by atomic mass is 10.2. The molecule has 0 atom stereocenters. The van der Waals surface area contributed by atoms with Crippen molar-refractivity contribution >= 4 is 56.2 Å². The van der Waals surface area contributed by atoms with Crippen LogP contribution in [-0.2, 0) is 11.3 Å². The normalized spacial score (nSPS) is 10.8. The first-order valence-corrected chi connectivity index (χ1v) is 9.77. The van der Waals surface area contributed by atoms with Crippen LogP contribution in [-0.4, -0.2) is 30.3 Å². The van der Waals surface area contributed by atoms with E-state index in [2.05, 4.69) is 5.32 Å². The van der Waals surface area contributed by atoms with Crippen LogP contribution in [0.5, 0.6) is 0 Å². The summed E-state index contributed by atoms with van der Waals surface area (Å²) >= 11 is 9.25. The van der Waals surface area contributed by atoms with Gasteiger partial charge >= 0.3 is 0 Å². The predicted octanol–water partition coefficient (Wildman–Crippen LogP) is 4.31. The first-order chi connectivity index (χ1) is 12.0. The summed E-state index contributed by atoms with van der Waals surface area (Å²) in [4.78, 5) is 27.8. The molecule has 0 aliphatic carbocycles. The molecule has 0 saturated heterocycles. The van der Waals surface area contributed by atoms with E-state index in [0.717, 1.165) is 15.0 Å². The number of aryl methyl sites for hydroxylation is 1. The molecule has 2 amide bonds. The zero-order valence-electron chi connectivity index (χ0n) is 13.8. The van der Waals surface area contributed by atoms with Crippen molar-refractivity contribution in [1.29, 1.82) is 0 Å². The largest absolute Gasteiger partial charge is 0.342 e. The van der Waals surface area contributed by atoms with E-state index in [1.54, 1.807) is 23.3 Å². The first-order valence-electron chi connectivity index (χ1n) is 7.69. The minimum absolute atomic E-state index is 0.0513. The number of likely N-dealkylation sites (N-methyl/N-ethyl adjacent to an activating group) is 1. The summed E-state index contributed by atoms with van der Waals surface area (Å²) in [5, 5.41) is 5.98. The Labute approximate surface area is 159 Å². The maximum Gasteiger partial charge on any atom is 0.263 e. The summed E-state index contributed by atoms with van der Waals surface area (Å²) in [6.07, 6.45) is 0. The second-order valence-electron chi connectivity index (χ2n) is 5.70. The van der Waals surface area contributed by atoms with Gasteiger partial charge in [-0.15, -0.1) is 22.7 Å². The first kappa shape index (κ1) is 17.9. The summed E-state index contributed by atoms with van der Waals surface area (Å²) < 4.78 is 0.953. The number of hydrogen-bond acceptors (Lipinski definition) is 4. The van der Waals surface area contributed by atoms with E-state index in [9.17, 15) is 9.59 Å². The van der Waals surface area contributed by atoms with Gasteiger partial charge in [0, 0.05) is 22.0 Å². The maximum absolute atomic E-state index is 12.4. The van der Waals surface area contributed by atoms with Crippen molar-refractivity contribution in [2.45, 2.75) is 13.5 Å². The summed E-state index contributed by atoms with van der Waals surface area (Å²) in [6, 6.07) is 9.62. The standard InChI is InChI=1S/C18H17ClN2O2S2/c1-11-7-8-24-14(11)10-21(2)15(22)9-20-18(23)17-16(19)12-5-3-4-6-13(12)25-17/h3-8H,9-10H2,1-2H3,(H,20,23). The number of amides is 2. The Morgan fingerprint density at radius 2 is 2.00 bits per heavy atom. The fourth-order valence-electron chi connectivity index (χ4n) is 2.40. The van der Waals surface area contributed by atoms with E-state index >= 15 is 0 Å². The highest BCUT2D eigenvalue weighted by atomic mass is 35.5. The van der Waals surface area contributed by atoms with E-state index in [1.165, 1.54) is 16.9 Å². The number of benzene rings is 1. The highest BCUT2D eigenvalue weighted by molar-refractivity contribution is 7.21. The number of hydrogen-bond donors (Lipinski definition) is 1. The van der Waals surface area contributed by atoms with Crippen LogP contribution in [0.1, 0.15) is 20.1 Å². The Morgan fingerprint density at radius 1 is 1.24 bits per heavy atom. The smallest absolute Gasteiger partial charge is 0.263 e. The molecular weight excluding hydrogens is 376 g/mol. The molecule has 3 rings (SSSR count). The lowest BCUT2D eigenvalue weighted by Gasteiger charge is -2.17. The molecule has 0 unspecified atom stereocenters. The topological polar surface area (TPSA) is 49.4 Å². The molecule has 25 heavy (non-hydrogen) atoms. The Morgan fingerprint density at radius 3 is 2.68 bits per heavy atom. The SMILES string of the molecule is Cc1ccsc1CN(C)C(=O)CNC(=O)c1sc2ccccc2c1Cl. The second kappa shape index (κ2) is 7.56. The van der Waals surface area contributed by atoms with Gasteiger partial charge in [-0.3, -0.25) is 9.59 Å². The summed E-state index contributed by atoms with van der Waals surface area (Å²) in [5.41, 5.74) is 1.17. The van der Waals surface area contributed by atoms with Crippen molar-refractivity contribution in [2.24, 2.45) is 0 Å². The molecule has 0 saturated carbocycles. The number of carbonyl (C=O) groups is 2. The Hall–Kier alpha value is -1.89. The predicted molar refractivity (Wildman–Crippen MR) is 105 cm³/mol. The lowest BCUT2D eigenvalue weighted by Crippen LogP contribution is -2.37. The number of nitrogens with zero attached hydrogens (tertiary/aromatic N) is 1. The minimum Gasteiger partial charge on any atom is -0.342 e. The molecule has 0 spiro atoms. The molecule has 1 N–H and O–H groups in total.